The van der Waals surface area contributed by atoms with Crippen molar-refractivity contribution in [3.8, 4) is 0 Å². The van der Waals surface area contributed by atoms with Gasteiger partial charge in [-0.3, -0.25) is 4.79 Å². The second-order valence-electron chi connectivity index (χ2n) is 3.92. The summed E-state index contributed by atoms with van der Waals surface area (Å²) in [4.78, 5) is 10.3. The highest BCUT2D eigenvalue weighted by molar-refractivity contribution is 5.82. The lowest BCUT2D eigenvalue weighted by atomic mass is 9.97. The number of nitrogens with two attached hydrogens (primary N) is 1. The Morgan fingerprint density at radius 2 is 2.00 bits per heavy atom. The molecule has 0 aromatic rings. The van der Waals surface area contributed by atoms with Crippen molar-refractivity contribution in [1.29, 1.82) is 0 Å². The van der Waals surface area contributed by atoms with Crippen LogP contribution in [0.4, 0.5) is 0 Å². The third kappa shape index (κ3) is 5.02. The fourth-order valence-corrected chi connectivity index (χ4v) is 1.65. The topological polar surface area (TPSA) is 55.1 Å². The highest BCUT2D eigenvalue weighted by Gasteiger charge is 2.06. The highest BCUT2D eigenvalue weighted by Crippen LogP contribution is 2.14. The molecule has 0 saturated heterocycles. The molecule has 1 heterocycles. The zero-order valence-electron chi connectivity index (χ0n) is 8.67. The lowest BCUT2D eigenvalue weighted by Gasteiger charge is -2.15. The van der Waals surface area contributed by atoms with Gasteiger partial charge in [0.15, 0.2) is 5.78 Å². The van der Waals surface area contributed by atoms with Gasteiger partial charge < -0.3 is 11.1 Å². The van der Waals surface area contributed by atoms with Gasteiger partial charge in [-0.05, 0) is 19.0 Å². The van der Waals surface area contributed by atoms with E-state index in [0.29, 0.717) is 19.0 Å². The van der Waals surface area contributed by atoms with Crippen LogP contribution in [-0.2, 0) is 4.79 Å². The first-order valence-corrected chi connectivity index (χ1v) is 5.44. The molecule has 1 saturated carbocycles. The minimum absolute atomic E-state index is 0.266. The molecule has 0 aromatic carbocycles. The van der Waals surface area contributed by atoms with Crippen LogP contribution in [0.25, 0.3) is 0 Å². The van der Waals surface area contributed by atoms with Crippen LogP contribution in [0.2, 0.25) is 0 Å². The molecule has 0 spiro atoms. The Bertz CT molecular complexity index is 195. The van der Waals surface area contributed by atoms with Crippen molar-refractivity contribution in [2.45, 2.75) is 44.6 Å². The molecular formula is C11H20N2O. The van der Waals surface area contributed by atoms with Crippen molar-refractivity contribution in [1.82, 2.24) is 5.32 Å². The molecule has 0 amide bonds. The Labute approximate surface area is 85.7 Å². The van der Waals surface area contributed by atoms with E-state index < -0.39 is 0 Å². The van der Waals surface area contributed by atoms with Gasteiger partial charge in [0.25, 0.3) is 0 Å². The fraction of sp³-hybridized carbons (Fsp3) is 0.727. The van der Waals surface area contributed by atoms with Gasteiger partial charge in [-0.1, -0.05) is 25.3 Å². The third-order valence-corrected chi connectivity index (χ3v) is 2.53. The maximum Gasteiger partial charge on any atom is 0.155 e. The third-order valence-electron chi connectivity index (χ3n) is 2.53. The van der Waals surface area contributed by atoms with E-state index in [4.69, 9.17) is 5.73 Å². The van der Waals surface area contributed by atoms with Crippen molar-refractivity contribution in [2.75, 3.05) is 6.54 Å². The van der Waals surface area contributed by atoms with Gasteiger partial charge in [-0.2, -0.15) is 0 Å². The monoisotopic (exact) mass is 196 g/mol. The molecule has 0 unspecified atom stereocenters. The number of rotatable bonds is 0. The van der Waals surface area contributed by atoms with Gasteiger partial charge in [0.05, 0.1) is 6.54 Å². The number of carbonyl (C=O) groups excluding carboxylic acids is 1. The quantitative estimate of drug-likeness (QED) is 0.614. The minimum Gasteiger partial charge on any atom is -0.384 e. The van der Waals surface area contributed by atoms with E-state index in [0.717, 1.165) is 0 Å². The lowest BCUT2D eigenvalue weighted by Crippen LogP contribution is -2.22. The van der Waals surface area contributed by atoms with E-state index in [1.807, 2.05) is 6.08 Å². The van der Waals surface area contributed by atoms with Crippen molar-refractivity contribution >= 4 is 5.78 Å². The van der Waals surface area contributed by atoms with Crippen LogP contribution in [-0.4, -0.2) is 18.4 Å². The van der Waals surface area contributed by atoms with E-state index in [1.54, 1.807) is 6.20 Å². The largest absolute Gasteiger partial charge is 0.384 e. The standard InChI is InChI=1S/C6H13N.C5H7NO/c7-6-4-2-1-3-5-6;7-5-2-1-3-6-4-5/h6H,1-5,7H2;1,3,6H,2,4H2. The second kappa shape index (κ2) is 6.60. The average Bonchev–Trinajstić information content (AvgIpc) is 2.21. The molecule has 3 nitrogen and oxygen atoms in total. The summed E-state index contributed by atoms with van der Waals surface area (Å²) in [6.07, 6.45) is 10.9. The molecule has 1 fully saturated rings. The highest BCUT2D eigenvalue weighted by atomic mass is 16.1. The molecule has 0 bridgehead atoms. The fourth-order valence-electron chi connectivity index (χ4n) is 1.65. The molecule has 1 aliphatic heterocycles. The molecule has 3 N–H and O–H groups in total. The molecule has 0 aromatic heterocycles. The zero-order chi connectivity index (χ0) is 10.2. The number of carbonyl (C=O) groups is 1. The average molecular weight is 196 g/mol. The normalized spacial score (nSPS) is 22.2. The lowest BCUT2D eigenvalue weighted by molar-refractivity contribution is -0.117. The van der Waals surface area contributed by atoms with Crippen LogP contribution in [0, 0.1) is 0 Å². The summed E-state index contributed by atoms with van der Waals surface area (Å²) >= 11 is 0. The van der Waals surface area contributed by atoms with Gasteiger partial charge in [-0.25, -0.2) is 0 Å². The van der Waals surface area contributed by atoms with Crippen LogP contribution in [0.3, 0.4) is 0 Å². The van der Waals surface area contributed by atoms with Crippen molar-refractivity contribution in [3.63, 3.8) is 0 Å². The molecule has 14 heavy (non-hydrogen) atoms. The van der Waals surface area contributed by atoms with Crippen LogP contribution in [0.15, 0.2) is 12.3 Å². The number of hydrogen-bond donors (Lipinski definition) is 2. The molecular weight excluding hydrogens is 176 g/mol. The second-order valence-corrected chi connectivity index (χ2v) is 3.92. The predicted octanol–water partition coefficient (Wildman–Crippen LogP) is 1.34. The van der Waals surface area contributed by atoms with Crippen molar-refractivity contribution < 1.29 is 4.79 Å². The first-order chi connectivity index (χ1) is 6.79. The van der Waals surface area contributed by atoms with E-state index in [1.165, 1.54) is 32.1 Å². The van der Waals surface area contributed by atoms with Gasteiger partial charge in [0.2, 0.25) is 0 Å². The number of allylic oxidation sites excluding steroid dienone is 1. The van der Waals surface area contributed by atoms with Crippen molar-refractivity contribution in [3.05, 3.63) is 12.3 Å². The summed E-state index contributed by atoms with van der Waals surface area (Å²) in [5.74, 6) is 0.266. The Kier molecular flexibility index (Phi) is 5.30. The maximum absolute atomic E-state index is 10.3. The molecule has 80 valence electrons. The van der Waals surface area contributed by atoms with Gasteiger partial charge in [0, 0.05) is 12.5 Å². The summed E-state index contributed by atoms with van der Waals surface area (Å²) in [5, 5.41) is 2.80. The van der Waals surface area contributed by atoms with E-state index in [9.17, 15) is 4.79 Å². The van der Waals surface area contributed by atoms with E-state index >= 15 is 0 Å². The summed E-state index contributed by atoms with van der Waals surface area (Å²) in [6.45, 7) is 0.510. The smallest absolute Gasteiger partial charge is 0.155 e. The molecule has 3 heteroatoms. The molecule has 1 aliphatic carbocycles. The van der Waals surface area contributed by atoms with Crippen LogP contribution >= 0.6 is 0 Å². The van der Waals surface area contributed by atoms with Gasteiger partial charge in [-0.15, -0.1) is 0 Å². The number of hydrogen-bond acceptors (Lipinski definition) is 3. The Hall–Kier alpha value is -0.830. The Morgan fingerprint density at radius 1 is 1.29 bits per heavy atom. The van der Waals surface area contributed by atoms with Gasteiger partial charge in [0.1, 0.15) is 0 Å². The van der Waals surface area contributed by atoms with Gasteiger partial charge >= 0.3 is 0 Å². The summed E-state index contributed by atoms with van der Waals surface area (Å²) in [7, 11) is 0. The van der Waals surface area contributed by atoms with Crippen LogP contribution < -0.4 is 11.1 Å². The Morgan fingerprint density at radius 3 is 2.29 bits per heavy atom. The molecule has 0 atom stereocenters. The van der Waals surface area contributed by atoms with E-state index in [2.05, 4.69) is 5.32 Å². The van der Waals surface area contributed by atoms with E-state index in [-0.39, 0.29) is 5.78 Å². The summed E-state index contributed by atoms with van der Waals surface area (Å²) in [5.41, 5.74) is 5.63. The number of ketones is 1. The molecule has 0 radical (unpaired) electrons. The van der Waals surface area contributed by atoms with Crippen LogP contribution in [0.5, 0.6) is 0 Å². The summed E-state index contributed by atoms with van der Waals surface area (Å²) in [6, 6.07) is 0.536. The first-order valence-electron chi connectivity index (χ1n) is 5.44. The number of nitrogens with one attached hydrogen (secondary N) is 1. The zero-order valence-corrected chi connectivity index (χ0v) is 8.67. The minimum atomic E-state index is 0.266. The summed E-state index contributed by atoms with van der Waals surface area (Å²) < 4.78 is 0. The molecule has 2 aliphatic rings. The maximum atomic E-state index is 10.3. The molecule has 2 rings (SSSR count). The first kappa shape index (κ1) is 11.2. The predicted molar refractivity (Wildman–Crippen MR) is 57.8 cm³/mol. The van der Waals surface area contributed by atoms with Crippen LogP contribution in [0.1, 0.15) is 38.5 Å². The number of Topliss-reactive ketones (excluding diaryl/α,β-unsaturated/α-hetero) is 1. The Balaban J connectivity index is 0.000000140. The SMILES string of the molecule is NC1CCCCC1.O=C1CC=CNC1. The van der Waals surface area contributed by atoms with Crippen molar-refractivity contribution in [2.24, 2.45) is 5.73 Å².